The normalized spacial score (nSPS) is 10.0. The maximum Gasteiger partial charge on any atom is 0.360 e. The van der Waals surface area contributed by atoms with Crippen LogP contribution in [0, 0.1) is 6.92 Å². The fourth-order valence-corrected chi connectivity index (χ4v) is 1.44. The van der Waals surface area contributed by atoms with Crippen LogP contribution in [0.4, 0.5) is 0 Å². The second-order valence-electron chi connectivity index (χ2n) is 3.41. The minimum absolute atomic E-state index is 0.129. The van der Waals surface area contributed by atoms with E-state index in [4.69, 9.17) is 0 Å². The van der Waals surface area contributed by atoms with E-state index in [1.54, 1.807) is 6.92 Å². The Hall–Kier alpha value is -2.30. The van der Waals surface area contributed by atoms with Gasteiger partial charge in [-0.3, -0.25) is 0 Å². The van der Waals surface area contributed by atoms with Gasteiger partial charge in [-0.05, 0) is 6.92 Å². The zero-order valence-electron chi connectivity index (χ0n) is 9.54. The van der Waals surface area contributed by atoms with Gasteiger partial charge in [0.15, 0.2) is 5.69 Å². The predicted molar refractivity (Wildman–Crippen MR) is 61.3 cm³/mol. The first-order chi connectivity index (χ1) is 8.22. The molecule has 0 N–H and O–H groups in total. The van der Waals surface area contributed by atoms with E-state index in [1.165, 1.54) is 7.11 Å². The van der Waals surface area contributed by atoms with Crippen LogP contribution < -0.4 is 0 Å². The van der Waals surface area contributed by atoms with E-state index in [0.29, 0.717) is 11.5 Å². The third-order valence-corrected chi connectivity index (χ3v) is 2.22. The summed E-state index contributed by atoms with van der Waals surface area (Å²) >= 11 is 0. The molecule has 0 atom stereocenters. The average Bonchev–Trinajstić information content (AvgIpc) is 2.39. The Balaban J connectivity index is 2.59. The van der Waals surface area contributed by atoms with E-state index in [0.717, 1.165) is 5.56 Å². The highest BCUT2D eigenvalue weighted by atomic mass is 16.5. The summed E-state index contributed by atoms with van der Waals surface area (Å²) in [6, 6.07) is 9.34. The quantitative estimate of drug-likeness (QED) is 0.732. The topological polar surface area (TPSA) is 65.0 Å². The Morgan fingerprint density at radius 2 is 1.88 bits per heavy atom. The largest absolute Gasteiger partial charge is 0.464 e. The summed E-state index contributed by atoms with van der Waals surface area (Å²) in [6.07, 6.45) is 0. The van der Waals surface area contributed by atoms with E-state index in [9.17, 15) is 4.79 Å². The maximum absolute atomic E-state index is 11.6. The summed E-state index contributed by atoms with van der Waals surface area (Å²) in [4.78, 5) is 15.8. The third-order valence-electron chi connectivity index (χ3n) is 2.22. The Bertz CT molecular complexity index is 541. The summed E-state index contributed by atoms with van der Waals surface area (Å²) in [5.74, 6) is -0.0274. The fraction of sp³-hybridized carbons (Fsp3) is 0.167. The summed E-state index contributed by atoms with van der Waals surface area (Å²) in [6.45, 7) is 1.72. The van der Waals surface area contributed by atoms with Crippen LogP contribution in [-0.4, -0.2) is 28.3 Å². The van der Waals surface area contributed by atoms with E-state index >= 15 is 0 Å². The molecule has 0 saturated carbocycles. The van der Waals surface area contributed by atoms with Crippen LogP contribution in [0.2, 0.25) is 0 Å². The molecule has 5 nitrogen and oxygen atoms in total. The standard InChI is InChI=1S/C12H11N3O2/c1-8-13-10(9-6-4-3-5-7-9)11(15-14-8)12(16)17-2/h3-7H,1-2H3. The van der Waals surface area contributed by atoms with Crippen molar-refractivity contribution in [3.05, 3.63) is 41.9 Å². The number of benzene rings is 1. The Labute approximate surface area is 98.5 Å². The highest BCUT2D eigenvalue weighted by Gasteiger charge is 2.17. The number of esters is 1. The molecule has 86 valence electrons. The van der Waals surface area contributed by atoms with Crippen LogP contribution in [0.1, 0.15) is 16.3 Å². The zero-order chi connectivity index (χ0) is 12.3. The lowest BCUT2D eigenvalue weighted by molar-refractivity contribution is 0.0593. The van der Waals surface area contributed by atoms with Gasteiger partial charge in [-0.2, -0.15) is 0 Å². The zero-order valence-corrected chi connectivity index (χ0v) is 9.54. The maximum atomic E-state index is 11.6. The van der Waals surface area contributed by atoms with Crippen LogP contribution in [-0.2, 0) is 4.74 Å². The highest BCUT2D eigenvalue weighted by molar-refractivity contribution is 5.93. The van der Waals surface area contributed by atoms with Crippen molar-refractivity contribution >= 4 is 5.97 Å². The first-order valence-corrected chi connectivity index (χ1v) is 5.07. The lowest BCUT2D eigenvalue weighted by Crippen LogP contribution is -2.10. The summed E-state index contributed by atoms with van der Waals surface area (Å²) in [5, 5.41) is 7.61. The first kappa shape index (κ1) is 11.2. The molecule has 1 aromatic carbocycles. The molecule has 0 radical (unpaired) electrons. The molecule has 1 aromatic heterocycles. The number of aromatic nitrogens is 3. The van der Waals surface area contributed by atoms with Gasteiger partial charge in [-0.25, -0.2) is 9.78 Å². The van der Waals surface area contributed by atoms with Crippen molar-refractivity contribution < 1.29 is 9.53 Å². The summed E-state index contributed by atoms with van der Waals surface area (Å²) in [5.41, 5.74) is 1.43. The van der Waals surface area contributed by atoms with Crippen molar-refractivity contribution in [2.24, 2.45) is 0 Å². The number of carbonyl (C=O) groups is 1. The van der Waals surface area contributed by atoms with Gasteiger partial charge in [0, 0.05) is 5.56 Å². The smallest absolute Gasteiger partial charge is 0.360 e. The number of carbonyl (C=O) groups excluding carboxylic acids is 1. The molecule has 17 heavy (non-hydrogen) atoms. The van der Waals surface area contributed by atoms with E-state index in [2.05, 4.69) is 19.9 Å². The monoisotopic (exact) mass is 229 g/mol. The summed E-state index contributed by atoms with van der Waals surface area (Å²) in [7, 11) is 1.30. The number of hydrogen-bond donors (Lipinski definition) is 0. The fourth-order valence-electron chi connectivity index (χ4n) is 1.44. The Morgan fingerprint density at radius 1 is 1.18 bits per heavy atom. The van der Waals surface area contributed by atoms with Crippen LogP contribution in [0.15, 0.2) is 30.3 Å². The van der Waals surface area contributed by atoms with Gasteiger partial charge >= 0.3 is 5.97 Å². The second kappa shape index (κ2) is 4.69. The molecule has 1 heterocycles. The SMILES string of the molecule is COC(=O)c1nnc(C)nc1-c1ccccc1. The molecule has 0 unspecified atom stereocenters. The van der Waals surface area contributed by atoms with Crippen LogP contribution >= 0.6 is 0 Å². The van der Waals surface area contributed by atoms with Gasteiger partial charge in [0.05, 0.1) is 7.11 Å². The lowest BCUT2D eigenvalue weighted by atomic mass is 10.1. The molecule has 0 saturated heterocycles. The molecular formula is C12H11N3O2. The number of hydrogen-bond acceptors (Lipinski definition) is 5. The van der Waals surface area contributed by atoms with Crippen molar-refractivity contribution in [3.8, 4) is 11.3 Å². The van der Waals surface area contributed by atoms with Gasteiger partial charge in [0.1, 0.15) is 11.5 Å². The van der Waals surface area contributed by atoms with Gasteiger partial charge in [-0.1, -0.05) is 30.3 Å². The lowest BCUT2D eigenvalue weighted by Gasteiger charge is -2.05. The third kappa shape index (κ3) is 2.28. The van der Waals surface area contributed by atoms with Gasteiger partial charge in [0.2, 0.25) is 0 Å². The van der Waals surface area contributed by atoms with Gasteiger partial charge in [-0.15, -0.1) is 10.2 Å². The van der Waals surface area contributed by atoms with Gasteiger partial charge < -0.3 is 4.74 Å². The number of aryl methyl sites for hydroxylation is 1. The molecule has 0 fully saturated rings. The first-order valence-electron chi connectivity index (χ1n) is 5.07. The molecular weight excluding hydrogens is 218 g/mol. The number of rotatable bonds is 2. The average molecular weight is 229 g/mol. The molecule has 2 aromatic rings. The molecule has 5 heteroatoms. The van der Waals surface area contributed by atoms with Crippen LogP contribution in [0.3, 0.4) is 0 Å². The van der Waals surface area contributed by atoms with Crippen molar-refractivity contribution in [3.63, 3.8) is 0 Å². The molecule has 2 rings (SSSR count). The molecule has 0 amide bonds. The van der Waals surface area contributed by atoms with Crippen molar-refractivity contribution in [2.75, 3.05) is 7.11 Å². The minimum atomic E-state index is -0.538. The van der Waals surface area contributed by atoms with Gasteiger partial charge in [0.25, 0.3) is 0 Å². The van der Waals surface area contributed by atoms with E-state index in [1.807, 2.05) is 30.3 Å². The number of nitrogens with zero attached hydrogens (tertiary/aromatic N) is 3. The highest BCUT2D eigenvalue weighted by Crippen LogP contribution is 2.19. The molecule has 0 spiro atoms. The molecule has 0 aliphatic carbocycles. The van der Waals surface area contributed by atoms with Crippen molar-refractivity contribution in [2.45, 2.75) is 6.92 Å². The van der Waals surface area contributed by atoms with Crippen LogP contribution in [0.5, 0.6) is 0 Å². The molecule has 0 bridgehead atoms. The predicted octanol–water partition coefficient (Wildman–Crippen LogP) is 1.63. The minimum Gasteiger partial charge on any atom is -0.464 e. The summed E-state index contributed by atoms with van der Waals surface area (Å²) < 4.78 is 4.66. The Morgan fingerprint density at radius 3 is 2.53 bits per heavy atom. The second-order valence-corrected chi connectivity index (χ2v) is 3.41. The Kier molecular flexibility index (Phi) is 3.09. The molecule has 0 aliphatic rings. The van der Waals surface area contributed by atoms with Crippen molar-refractivity contribution in [1.82, 2.24) is 15.2 Å². The molecule has 0 aliphatic heterocycles. The van der Waals surface area contributed by atoms with Crippen LogP contribution in [0.25, 0.3) is 11.3 Å². The number of ether oxygens (including phenoxy) is 1. The number of methoxy groups -OCH3 is 1. The van der Waals surface area contributed by atoms with Crippen molar-refractivity contribution in [1.29, 1.82) is 0 Å². The van der Waals surface area contributed by atoms with E-state index < -0.39 is 5.97 Å². The van der Waals surface area contributed by atoms with E-state index in [-0.39, 0.29) is 5.69 Å².